The van der Waals surface area contributed by atoms with Crippen LogP contribution in [0.25, 0.3) is 0 Å². The molecule has 0 saturated heterocycles. The van der Waals surface area contributed by atoms with Crippen molar-refractivity contribution in [2.24, 2.45) is 5.92 Å². The lowest BCUT2D eigenvalue weighted by Crippen LogP contribution is -2.23. The molecule has 1 aliphatic carbocycles. The molecule has 0 aromatic heterocycles. The molecule has 0 aliphatic heterocycles. The van der Waals surface area contributed by atoms with Gasteiger partial charge in [-0.1, -0.05) is 19.1 Å². The van der Waals surface area contributed by atoms with Gasteiger partial charge in [-0.3, -0.25) is 0 Å². The van der Waals surface area contributed by atoms with Gasteiger partial charge in [-0.15, -0.1) is 0 Å². The van der Waals surface area contributed by atoms with Crippen molar-refractivity contribution in [2.75, 3.05) is 26.8 Å². The summed E-state index contributed by atoms with van der Waals surface area (Å²) in [4.78, 5) is 0. The maximum absolute atomic E-state index is 5.69. The average molecular weight is 277 g/mol. The summed E-state index contributed by atoms with van der Waals surface area (Å²) in [5, 5.41) is 3.46. The highest BCUT2D eigenvalue weighted by atomic mass is 16.5. The Hall–Kier alpha value is -1.06. The lowest BCUT2D eigenvalue weighted by molar-refractivity contribution is 0.199. The first-order valence-electron chi connectivity index (χ1n) is 7.53. The van der Waals surface area contributed by atoms with E-state index in [4.69, 9.17) is 9.47 Å². The van der Waals surface area contributed by atoms with Crippen molar-refractivity contribution in [3.8, 4) is 5.75 Å². The molecule has 20 heavy (non-hydrogen) atoms. The first-order valence-corrected chi connectivity index (χ1v) is 7.53. The zero-order chi connectivity index (χ0) is 14.6. The smallest absolute Gasteiger partial charge is 0.119 e. The molecule has 112 valence electrons. The summed E-state index contributed by atoms with van der Waals surface area (Å²) < 4.78 is 10.7. The van der Waals surface area contributed by atoms with Crippen LogP contribution in [0.3, 0.4) is 0 Å². The Labute approximate surface area is 122 Å². The van der Waals surface area contributed by atoms with Gasteiger partial charge in [0.2, 0.25) is 0 Å². The van der Waals surface area contributed by atoms with E-state index in [1.807, 2.05) is 0 Å². The van der Waals surface area contributed by atoms with Crippen molar-refractivity contribution >= 4 is 0 Å². The maximum atomic E-state index is 5.69. The second-order valence-electron chi connectivity index (χ2n) is 6.21. The van der Waals surface area contributed by atoms with Crippen LogP contribution in [-0.2, 0) is 10.2 Å². The van der Waals surface area contributed by atoms with Crippen LogP contribution < -0.4 is 10.1 Å². The first-order chi connectivity index (χ1) is 9.56. The van der Waals surface area contributed by atoms with Crippen molar-refractivity contribution in [1.82, 2.24) is 5.32 Å². The molecule has 1 fully saturated rings. The number of ether oxygens (including phenoxy) is 2. The molecule has 0 amide bonds. The normalized spacial score (nSPS) is 24.9. The van der Waals surface area contributed by atoms with Gasteiger partial charge in [-0.2, -0.15) is 0 Å². The van der Waals surface area contributed by atoms with E-state index in [1.165, 1.54) is 12.0 Å². The van der Waals surface area contributed by atoms with Gasteiger partial charge in [0.05, 0.1) is 12.7 Å². The third kappa shape index (κ3) is 3.74. The third-order valence-electron chi connectivity index (χ3n) is 4.17. The molecule has 1 N–H and O–H groups in total. The second-order valence-corrected chi connectivity index (χ2v) is 6.21. The fourth-order valence-corrected chi connectivity index (χ4v) is 2.74. The Morgan fingerprint density at radius 1 is 1.30 bits per heavy atom. The van der Waals surface area contributed by atoms with Gasteiger partial charge in [-0.25, -0.2) is 0 Å². The average Bonchev–Trinajstić information content (AvgIpc) is 3.07. The second kappa shape index (κ2) is 6.59. The molecular weight excluding hydrogens is 250 g/mol. The minimum atomic E-state index is 0.232. The Bertz CT molecular complexity index is 416. The lowest BCUT2D eigenvalue weighted by atomic mass is 9.95. The SMILES string of the molecule is COCCNCC1CC1(C)c1ccc(OC(C)C)cc1. The number of methoxy groups -OCH3 is 1. The predicted octanol–water partition coefficient (Wildman–Crippen LogP) is 2.99. The van der Waals surface area contributed by atoms with Crippen LogP contribution in [0.5, 0.6) is 5.75 Å². The minimum Gasteiger partial charge on any atom is -0.491 e. The first kappa shape index (κ1) is 15.3. The highest BCUT2D eigenvalue weighted by Crippen LogP contribution is 2.53. The maximum Gasteiger partial charge on any atom is 0.119 e. The highest BCUT2D eigenvalue weighted by molar-refractivity contribution is 5.37. The van der Waals surface area contributed by atoms with E-state index < -0.39 is 0 Å². The van der Waals surface area contributed by atoms with Gasteiger partial charge in [0.15, 0.2) is 0 Å². The van der Waals surface area contributed by atoms with Gasteiger partial charge in [0.25, 0.3) is 0 Å². The van der Waals surface area contributed by atoms with E-state index in [9.17, 15) is 0 Å². The Balaban J connectivity index is 1.85. The monoisotopic (exact) mass is 277 g/mol. The lowest BCUT2D eigenvalue weighted by Gasteiger charge is -2.14. The minimum absolute atomic E-state index is 0.232. The summed E-state index contributed by atoms with van der Waals surface area (Å²) in [6.45, 7) is 9.25. The van der Waals surface area contributed by atoms with E-state index in [0.717, 1.165) is 31.4 Å². The van der Waals surface area contributed by atoms with Crippen LogP contribution in [0.15, 0.2) is 24.3 Å². The molecule has 1 saturated carbocycles. The third-order valence-corrected chi connectivity index (χ3v) is 4.17. The number of hydrogen-bond acceptors (Lipinski definition) is 3. The molecule has 3 heteroatoms. The Kier molecular flexibility index (Phi) is 5.06. The number of nitrogens with one attached hydrogen (secondary N) is 1. The van der Waals surface area contributed by atoms with Crippen LogP contribution in [0, 0.1) is 5.92 Å². The molecule has 3 nitrogen and oxygen atoms in total. The fraction of sp³-hybridized carbons (Fsp3) is 0.647. The van der Waals surface area contributed by atoms with Gasteiger partial charge in [0, 0.05) is 13.7 Å². The summed E-state index contributed by atoms with van der Waals surface area (Å²) in [7, 11) is 1.74. The molecule has 0 heterocycles. The largest absolute Gasteiger partial charge is 0.491 e. The highest BCUT2D eigenvalue weighted by Gasteiger charge is 2.50. The van der Waals surface area contributed by atoms with Gasteiger partial charge >= 0.3 is 0 Å². The Morgan fingerprint density at radius 2 is 2.00 bits per heavy atom. The molecule has 1 aromatic rings. The Morgan fingerprint density at radius 3 is 2.60 bits per heavy atom. The molecule has 0 radical (unpaired) electrons. The van der Waals surface area contributed by atoms with Gasteiger partial charge in [-0.05, 0) is 55.8 Å². The van der Waals surface area contributed by atoms with Crippen LogP contribution in [0.4, 0.5) is 0 Å². The number of benzene rings is 1. The molecule has 0 spiro atoms. The van der Waals surface area contributed by atoms with Crippen molar-refractivity contribution in [3.05, 3.63) is 29.8 Å². The summed E-state index contributed by atoms with van der Waals surface area (Å²) in [6.07, 6.45) is 1.49. The number of rotatable bonds is 8. The van der Waals surface area contributed by atoms with E-state index in [-0.39, 0.29) is 6.10 Å². The molecule has 1 aliphatic rings. The standard InChI is InChI=1S/C17H27NO2/c1-13(2)20-16-7-5-14(6-8-16)17(3)11-15(17)12-18-9-10-19-4/h5-8,13,15,18H,9-12H2,1-4H3. The predicted molar refractivity (Wildman–Crippen MR) is 82.4 cm³/mol. The quantitative estimate of drug-likeness (QED) is 0.741. The number of hydrogen-bond donors (Lipinski definition) is 1. The summed E-state index contributed by atoms with van der Waals surface area (Å²) in [5.41, 5.74) is 1.75. The van der Waals surface area contributed by atoms with E-state index in [1.54, 1.807) is 7.11 Å². The summed E-state index contributed by atoms with van der Waals surface area (Å²) in [5.74, 6) is 1.69. The van der Waals surface area contributed by atoms with Gasteiger partial charge < -0.3 is 14.8 Å². The van der Waals surface area contributed by atoms with Crippen LogP contribution in [0.2, 0.25) is 0 Å². The van der Waals surface area contributed by atoms with Crippen molar-refractivity contribution in [1.29, 1.82) is 0 Å². The van der Waals surface area contributed by atoms with Crippen LogP contribution in [0.1, 0.15) is 32.8 Å². The van der Waals surface area contributed by atoms with Crippen LogP contribution in [-0.4, -0.2) is 32.9 Å². The molecule has 2 rings (SSSR count). The fourth-order valence-electron chi connectivity index (χ4n) is 2.74. The topological polar surface area (TPSA) is 30.5 Å². The summed E-state index contributed by atoms with van der Waals surface area (Å²) in [6, 6.07) is 8.61. The van der Waals surface area contributed by atoms with E-state index in [2.05, 4.69) is 50.4 Å². The molecule has 0 bridgehead atoms. The molecule has 2 atom stereocenters. The van der Waals surface area contributed by atoms with E-state index in [0.29, 0.717) is 5.41 Å². The van der Waals surface area contributed by atoms with Crippen molar-refractivity contribution in [2.45, 2.75) is 38.7 Å². The molecule has 2 unspecified atom stereocenters. The zero-order valence-electron chi connectivity index (χ0n) is 13.1. The van der Waals surface area contributed by atoms with Crippen molar-refractivity contribution in [3.63, 3.8) is 0 Å². The summed E-state index contributed by atoms with van der Waals surface area (Å²) >= 11 is 0. The zero-order valence-corrected chi connectivity index (χ0v) is 13.1. The molecular formula is C17H27NO2. The van der Waals surface area contributed by atoms with Crippen molar-refractivity contribution < 1.29 is 9.47 Å². The van der Waals surface area contributed by atoms with E-state index >= 15 is 0 Å². The van der Waals surface area contributed by atoms with Gasteiger partial charge in [0.1, 0.15) is 5.75 Å². The molecule has 1 aromatic carbocycles. The van der Waals surface area contributed by atoms with Crippen LogP contribution >= 0.6 is 0 Å².